The fraction of sp³-hybridized carbons (Fsp3) is 0.429. The lowest BCUT2D eigenvalue weighted by Crippen LogP contribution is -2.27. The first-order valence-corrected chi connectivity index (χ1v) is 5.71. The van der Waals surface area contributed by atoms with Crippen molar-refractivity contribution in [3.8, 4) is 11.8 Å². The number of nitriles is 1. The average molecular weight is 247 g/mol. The molecule has 0 aliphatic carbocycles. The molecule has 1 rings (SSSR count). The van der Waals surface area contributed by atoms with Crippen LogP contribution >= 0.6 is 0 Å². The van der Waals surface area contributed by atoms with Gasteiger partial charge < -0.3 is 9.47 Å². The summed E-state index contributed by atoms with van der Waals surface area (Å²) in [5.74, 6) is 0.186. The summed E-state index contributed by atoms with van der Waals surface area (Å²) in [7, 11) is 0. The Bertz CT molecular complexity index is 438. The molecule has 96 valence electrons. The molecule has 0 N–H and O–H groups in total. The largest absolute Gasteiger partial charge is 0.482 e. The maximum Gasteiger partial charge on any atom is 0.344 e. The van der Waals surface area contributed by atoms with Crippen LogP contribution in [0.5, 0.6) is 5.75 Å². The van der Waals surface area contributed by atoms with Gasteiger partial charge in [-0.1, -0.05) is 12.1 Å². The molecule has 1 aromatic rings. The van der Waals surface area contributed by atoms with E-state index in [4.69, 9.17) is 14.7 Å². The van der Waals surface area contributed by atoms with Crippen LogP contribution in [0.2, 0.25) is 0 Å². The van der Waals surface area contributed by atoms with Gasteiger partial charge >= 0.3 is 5.97 Å². The van der Waals surface area contributed by atoms with E-state index in [1.165, 1.54) is 0 Å². The number of rotatable bonds is 4. The molecule has 0 radical (unpaired) electrons. The number of benzene rings is 1. The summed E-state index contributed by atoms with van der Waals surface area (Å²) in [4.78, 5) is 11.4. The molecule has 0 aliphatic rings. The highest BCUT2D eigenvalue weighted by atomic mass is 16.6. The van der Waals surface area contributed by atoms with Crippen LogP contribution < -0.4 is 4.74 Å². The van der Waals surface area contributed by atoms with Gasteiger partial charge in [0.15, 0.2) is 6.61 Å². The molecular formula is C14H17NO3. The summed E-state index contributed by atoms with van der Waals surface area (Å²) in [6.07, 6.45) is 0.367. The lowest BCUT2D eigenvalue weighted by molar-refractivity contribution is -0.157. The van der Waals surface area contributed by atoms with Gasteiger partial charge in [0.1, 0.15) is 11.4 Å². The third kappa shape index (κ3) is 5.35. The van der Waals surface area contributed by atoms with E-state index in [9.17, 15) is 4.79 Å². The van der Waals surface area contributed by atoms with Crippen molar-refractivity contribution in [2.45, 2.75) is 32.8 Å². The van der Waals surface area contributed by atoms with Gasteiger partial charge in [-0.25, -0.2) is 4.79 Å². The Morgan fingerprint density at radius 1 is 1.28 bits per heavy atom. The molecule has 4 nitrogen and oxygen atoms in total. The molecule has 0 atom stereocenters. The van der Waals surface area contributed by atoms with Crippen molar-refractivity contribution in [1.29, 1.82) is 5.26 Å². The molecule has 1 aromatic carbocycles. The second kappa shape index (κ2) is 6.06. The van der Waals surface area contributed by atoms with Crippen molar-refractivity contribution < 1.29 is 14.3 Å². The second-order valence-corrected chi connectivity index (χ2v) is 4.85. The van der Waals surface area contributed by atoms with Crippen molar-refractivity contribution in [3.05, 3.63) is 29.8 Å². The van der Waals surface area contributed by atoms with E-state index in [0.29, 0.717) is 12.2 Å². The third-order valence-corrected chi connectivity index (χ3v) is 1.98. The van der Waals surface area contributed by atoms with Crippen LogP contribution in [0, 0.1) is 11.3 Å². The fourth-order valence-electron chi connectivity index (χ4n) is 1.31. The average Bonchev–Trinajstić information content (AvgIpc) is 2.26. The maximum atomic E-state index is 11.4. The number of hydrogen-bond acceptors (Lipinski definition) is 4. The van der Waals surface area contributed by atoms with E-state index >= 15 is 0 Å². The minimum absolute atomic E-state index is 0.116. The Morgan fingerprint density at radius 3 is 2.39 bits per heavy atom. The first-order chi connectivity index (χ1) is 8.40. The second-order valence-electron chi connectivity index (χ2n) is 4.85. The molecule has 0 aliphatic heterocycles. The predicted octanol–water partition coefficient (Wildman–Crippen LogP) is 2.47. The Labute approximate surface area is 107 Å². The minimum Gasteiger partial charge on any atom is -0.482 e. The Balaban J connectivity index is 2.44. The number of ether oxygens (including phenoxy) is 2. The third-order valence-electron chi connectivity index (χ3n) is 1.98. The quantitative estimate of drug-likeness (QED) is 0.767. The van der Waals surface area contributed by atoms with Crippen molar-refractivity contribution in [2.24, 2.45) is 0 Å². The zero-order valence-electron chi connectivity index (χ0n) is 10.9. The highest BCUT2D eigenvalue weighted by Gasteiger charge is 2.16. The van der Waals surface area contributed by atoms with Crippen molar-refractivity contribution in [3.63, 3.8) is 0 Å². The SMILES string of the molecule is CC(C)(C)OC(=O)COc1ccc(CC#N)cc1. The standard InChI is InChI=1S/C14H17NO3/c1-14(2,3)18-13(16)10-17-12-6-4-11(5-7-12)8-9-15/h4-7H,8,10H2,1-3H3. The minimum atomic E-state index is -0.503. The zero-order chi connectivity index (χ0) is 13.6. The van der Waals surface area contributed by atoms with Crippen LogP contribution in [0.4, 0.5) is 0 Å². The number of esters is 1. The van der Waals surface area contributed by atoms with E-state index in [2.05, 4.69) is 6.07 Å². The zero-order valence-corrected chi connectivity index (χ0v) is 10.9. The van der Waals surface area contributed by atoms with Crippen molar-refractivity contribution >= 4 is 5.97 Å². The van der Waals surface area contributed by atoms with Crippen LogP contribution in [-0.2, 0) is 16.0 Å². The Hall–Kier alpha value is -2.02. The molecule has 0 saturated carbocycles. The first-order valence-electron chi connectivity index (χ1n) is 5.71. The lowest BCUT2D eigenvalue weighted by Gasteiger charge is -2.19. The Kier molecular flexibility index (Phi) is 4.73. The van der Waals surface area contributed by atoms with Crippen LogP contribution in [0.3, 0.4) is 0 Å². The Morgan fingerprint density at radius 2 is 1.89 bits per heavy atom. The maximum absolute atomic E-state index is 11.4. The molecule has 0 fully saturated rings. The molecule has 0 heterocycles. The molecule has 0 spiro atoms. The highest BCUT2D eigenvalue weighted by molar-refractivity contribution is 5.71. The van der Waals surface area contributed by atoms with Gasteiger partial charge in [0.25, 0.3) is 0 Å². The van der Waals surface area contributed by atoms with Gasteiger partial charge in [0.2, 0.25) is 0 Å². The normalized spacial score (nSPS) is 10.6. The van der Waals surface area contributed by atoms with E-state index in [1.807, 2.05) is 20.8 Å². The summed E-state index contributed by atoms with van der Waals surface area (Å²) in [5, 5.41) is 8.53. The van der Waals surface area contributed by atoms with E-state index in [0.717, 1.165) is 5.56 Å². The van der Waals surface area contributed by atoms with Crippen LogP contribution in [-0.4, -0.2) is 18.2 Å². The van der Waals surface area contributed by atoms with Gasteiger partial charge in [0.05, 0.1) is 12.5 Å². The molecule has 0 bridgehead atoms. The van der Waals surface area contributed by atoms with Gasteiger partial charge in [-0.3, -0.25) is 0 Å². The van der Waals surface area contributed by atoms with E-state index < -0.39 is 11.6 Å². The molecule has 18 heavy (non-hydrogen) atoms. The summed E-state index contributed by atoms with van der Waals surface area (Å²) >= 11 is 0. The molecule has 0 amide bonds. The number of carbonyl (C=O) groups is 1. The molecular weight excluding hydrogens is 230 g/mol. The lowest BCUT2D eigenvalue weighted by atomic mass is 10.2. The van der Waals surface area contributed by atoms with Crippen LogP contribution in [0.15, 0.2) is 24.3 Å². The van der Waals surface area contributed by atoms with E-state index in [1.54, 1.807) is 24.3 Å². The number of carbonyl (C=O) groups excluding carboxylic acids is 1. The summed E-state index contributed by atoms with van der Waals surface area (Å²) in [6, 6.07) is 9.13. The summed E-state index contributed by atoms with van der Waals surface area (Å²) in [5.41, 5.74) is 0.416. The molecule has 4 heteroatoms. The van der Waals surface area contributed by atoms with Crippen molar-refractivity contribution in [2.75, 3.05) is 6.61 Å². The summed E-state index contributed by atoms with van der Waals surface area (Å²) < 4.78 is 10.4. The van der Waals surface area contributed by atoms with Crippen LogP contribution in [0.25, 0.3) is 0 Å². The monoisotopic (exact) mass is 247 g/mol. The fourth-order valence-corrected chi connectivity index (χ4v) is 1.31. The molecule has 0 saturated heterocycles. The first kappa shape index (κ1) is 14.0. The predicted molar refractivity (Wildman–Crippen MR) is 67.1 cm³/mol. The summed E-state index contributed by atoms with van der Waals surface area (Å²) in [6.45, 7) is 5.31. The molecule has 0 unspecified atom stereocenters. The number of hydrogen-bond donors (Lipinski definition) is 0. The topological polar surface area (TPSA) is 59.3 Å². The van der Waals surface area contributed by atoms with E-state index in [-0.39, 0.29) is 6.61 Å². The van der Waals surface area contributed by atoms with Crippen molar-refractivity contribution in [1.82, 2.24) is 0 Å². The molecule has 0 aromatic heterocycles. The number of nitrogens with zero attached hydrogens (tertiary/aromatic N) is 1. The van der Waals surface area contributed by atoms with Gasteiger partial charge in [-0.05, 0) is 38.5 Å². The smallest absolute Gasteiger partial charge is 0.344 e. The van der Waals surface area contributed by atoms with Gasteiger partial charge in [-0.15, -0.1) is 0 Å². The van der Waals surface area contributed by atoms with Gasteiger partial charge in [-0.2, -0.15) is 5.26 Å². The van der Waals surface area contributed by atoms with Gasteiger partial charge in [0, 0.05) is 0 Å². The van der Waals surface area contributed by atoms with Crippen LogP contribution in [0.1, 0.15) is 26.3 Å². The highest BCUT2D eigenvalue weighted by Crippen LogP contribution is 2.13.